The molecule has 0 fully saturated rings. The van der Waals surface area contributed by atoms with Crippen LogP contribution in [-0.2, 0) is 0 Å². The predicted molar refractivity (Wildman–Crippen MR) is 71.4 cm³/mol. The Morgan fingerprint density at radius 3 is 2.33 bits per heavy atom. The number of rotatable bonds is 2. The molecule has 0 bridgehead atoms. The van der Waals surface area contributed by atoms with Crippen molar-refractivity contribution < 1.29 is 9.90 Å². The molecular formula is C13H9Cl2NO2. The van der Waals surface area contributed by atoms with Crippen LogP contribution in [0, 0.1) is 6.92 Å². The highest BCUT2D eigenvalue weighted by Crippen LogP contribution is 2.35. The number of nitrogens with zero attached hydrogens (tertiary/aromatic N) is 1. The minimum atomic E-state index is -1.06. The van der Waals surface area contributed by atoms with Crippen LogP contribution in [0.3, 0.4) is 0 Å². The summed E-state index contributed by atoms with van der Waals surface area (Å²) in [6.07, 6.45) is 0. The normalized spacial score (nSPS) is 10.4. The van der Waals surface area contributed by atoms with E-state index in [1.165, 1.54) is 6.07 Å². The summed E-state index contributed by atoms with van der Waals surface area (Å²) in [6, 6.07) is 8.14. The first-order chi connectivity index (χ1) is 8.50. The van der Waals surface area contributed by atoms with Crippen LogP contribution in [0.5, 0.6) is 0 Å². The molecule has 1 aromatic carbocycles. The number of aromatic nitrogens is 1. The average Bonchev–Trinajstić information content (AvgIpc) is 2.28. The molecule has 0 saturated heterocycles. The van der Waals surface area contributed by atoms with E-state index in [4.69, 9.17) is 23.2 Å². The summed E-state index contributed by atoms with van der Waals surface area (Å²) in [6.45, 7) is 1.78. The first kappa shape index (κ1) is 12.9. The molecule has 2 rings (SSSR count). The smallest absolute Gasteiger partial charge is 0.337 e. The lowest BCUT2D eigenvalue weighted by Crippen LogP contribution is -2.03. The zero-order valence-electron chi connectivity index (χ0n) is 9.45. The zero-order valence-corrected chi connectivity index (χ0v) is 11.0. The minimum Gasteiger partial charge on any atom is -0.478 e. The Morgan fingerprint density at radius 2 is 1.78 bits per heavy atom. The van der Waals surface area contributed by atoms with Gasteiger partial charge in [0.15, 0.2) is 0 Å². The quantitative estimate of drug-likeness (QED) is 0.903. The van der Waals surface area contributed by atoms with Crippen molar-refractivity contribution in [2.45, 2.75) is 6.92 Å². The number of carboxylic acids is 1. The number of aryl methyl sites for hydroxylation is 1. The van der Waals surface area contributed by atoms with E-state index in [1.54, 1.807) is 31.2 Å². The Kier molecular flexibility index (Phi) is 3.55. The number of hydrogen-bond donors (Lipinski definition) is 1. The summed E-state index contributed by atoms with van der Waals surface area (Å²) in [7, 11) is 0. The van der Waals surface area contributed by atoms with Crippen LogP contribution in [0.1, 0.15) is 16.1 Å². The van der Waals surface area contributed by atoms with E-state index in [9.17, 15) is 9.90 Å². The Morgan fingerprint density at radius 1 is 1.17 bits per heavy atom. The Hall–Kier alpha value is -1.58. The fraction of sp³-hybridized carbons (Fsp3) is 0.0769. The number of carbonyl (C=O) groups is 1. The second-order valence-corrected chi connectivity index (χ2v) is 4.57. The van der Waals surface area contributed by atoms with E-state index in [1.807, 2.05) is 0 Å². The summed E-state index contributed by atoms with van der Waals surface area (Å²) < 4.78 is 0. The van der Waals surface area contributed by atoms with E-state index < -0.39 is 5.97 Å². The second-order valence-electron chi connectivity index (χ2n) is 3.75. The van der Waals surface area contributed by atoms with Crippen LogP contribution in [0.15, 0.2) is 30.3 Å². The van der Waals surface area contributed by atoms with Gasteiger partial charge in [-0.25, -0.2) is 4.79 Å². The summed E-state index contributed by atoms with van der Waals surface area (Å²) in [4.78, 5) is 15.4. The first-order valence-electron chi connectivity index (χ1n) is 5.16. The Balaban J connectivity index is 2.77. The maximum atomic E-state index is 11.2. The standard InChI is InChI=1S/C13H9Cl2NO2/c1-7-5-6-8(13(17)18)12(16-7)11-9(14)3-2-4-10(11)15/h2-6H,1H3,(H,17,18). The molecule has 18 heavy (non-hydrogen) atoms. The molecule has 3 nitrogen and oxygen atoms in total. The molecule has 0 aliphatic heterocycles. The SMILES string of the molecule is Cc1ccc(C(=O)O)c(-c2c(Cl)cccc2Cl)n1. The molecule has 92 valence electrons. The van der Waals surface area contributed by atoms with Gasteiger partial charge in [-0.1, -0.05) is 29.3 Å². The highest BCUT2D eigenvalue weighted by molar-refractivity contribution is 6.39. The van der Waals surface area contributed by atoms with Crippen LogP contribution in [-0.4, -0.2) is 16.1 Å². The van der Waals surface area contributed by atoms with Crippen LogP contribution in [0.2, 0.25) is 10.0 Å². The fourth-order valence-electron chi connectivity index (χ4n) is 1.64. The summed E-state index contributed by atoms with van der Waals surface area (Å²) in [5.41, 5.74) is 1.52. The van der Waals surface area contributed by atoms with Crippen molar-refractivity contribution in [1.82, 2.24) is 4.98 Å². The predicted octanol–water partition coefficient (Wildman–Crippen LogP) is 4.06. The van der Waals surface area contributed by atoms with Gasteiger partial charge in [0.1, 0.15) is 0 Å². The van der Waals surface area contributed by atoms with Crippen LogP contribution in [0.4, 0.5) is 0 Å². The highest BCUT2D eigenvalue weighted by atomic mass is 35.5. The van der Waals surface area contributed by atoms with Gasteiger partial charge in [0.2, 0.25) is 0 Å². The largest absolute Gasteiger partial charge is 0.478 e. The first-order valence-corrected chi connectivity index (χ1v) is 5.91. The van der Waals surface area contributed by atoms with Crippen molar-refractivity contribution in [2.24, 2.45) is 0 Å². The molecule has 1 N–H and O–H groups in total. The maximum absolute atomic E-state index is 11.2. The van der Waals surface area contributed by atoms with Crippen molar-refractivity contribution in [1.29, 1.82) is 0 Å². The molecule has 1 aromatic heterocycles. The molecule has 0 aliphatic carbocycles. The molecule has 5 heteroatoms. The molecule has 2 aromatic rings. The zero-order chi connectivity index (χ0) is 13.3. The van der Waals surface area contributed by atoms with E-state index in [2.05, 4.69) is 4.98 Å². The molecule has 0 atom stereocenters. The summed E-state index contributed by atoms with van der Waals surface area (Å²) in [5.74, 6) is -1.06. The van der Waals surface area contributed by atoms with E-state index >= 15 is 0 Å². The molecule has 0 aliphatic rings. The molecule has 0 amide bonds. The van der Waals surface area contributed by atoms with Gasteiger partial charge in [0, 0.05) is 11.3 Å². The number of hydrogen-bond acceptors (Lipinski definition) is 2. The van der Waals surface area contributed by atoms with E-state index in [-0.39, 0.29) is 11.3 Å². The van der Waals surface area contributed by atoms with Gasteiger partial charge >= 0.3 is 5.97 Å². The monoisotopic (exact) mass is 281 g/mol. The van der Waals surface area contributed by atoms with Crippen molar-refractivity contribution in [2.75, 3.05) is 0 Å². The van der Waals surface area contributed by atoms with Gasteiger partial charge in [0.05, 0.1) is 21.3 Å². The number of carboxylic acid groups (broad SMARTS) is 1. The van der Waals surface area contributed by atoms with Crippen LogP contribution >= 0.6 is 23.2 Å². The lowest BCUT2D eigenvalue weighted by Gasteiger charge is -2.10. The molecule has 0 spiro atoms. The van der Waals surface area contributed by atoms with Gasteiger partial charge in [-0.3, -0.25) is 4.98 Å². The third-order valence-electron chi connectivity index (χ3n) is 2.46. The van der Waals surface area contributed by atoms with E-state index in [0.29, 0.717) is 21.3 Å². The molecule has 0 unspecified atom stereocenters. The topological polar surface area (TPSA) is 50.2 Å². The highest BCUT2D eigenvalue weighted by Gasteiger charge is 2.18. The van der Waals surface area contributed by atoms with Crippen LogP contribution in [0.25, 0.3) is 11.3 Å². The van der Waals surface area contributed by atoms with Crippen molar-refractivity contribution in [3.05, 3.63) is 51.6 Å². The number of pyridine rings is 1. The molecule has 0 saturated carbocycles. The van der Waals surface area contributed by atoms with Gasteiger partial charge in [-0.2, -0.15) is 0 Å². The van der Waals surface area contributed by atoms with Gasteiger partial charge in [-0.05, 0) is 31.2 Å². The fourth-order valence-corrected chi connectivity index (χ4v) is 2.22. The molecule has 1 heterocycles. The minimum absolute atomic E-state index is 0.0793. The van der Waals surface area contributed by atoms with Gasteiger partial charge in [0.25, 0.3) is 0 Å². The number of aromatic carboxylic acids is 1. The number of halogens is 2. The van der Waals surface area contributed by atoms with Gasteiger partial charge in [-0.15, -0.1) is 0 Å². The lowest BCUT2D eigenvalue weighted by molar-refractivity contribution is 0.0697. The Bertz CT molecular complexity index is 606. The molecular weight excluding hydrogens is 273 g/mol. The number of benzene rings is 1. The van der Waals surface area contributed by atoms with Crippen LogP contribution < -0.4 is 0 Å². The average molecular weight is 282 g/mol. The van der Waals surface area contributed by atoms with Crippen molar-refractivity contribution in [3.63, 3.8) is 0 Å². The lowest BCUT2D eigenvalue weighted by atomic mass is 10.1. The van der Waals surface area contributed by atoms with Crippen molar-refractivity contribution in [3.8, 4) is 11.3 Å². The van der Waals surface area contributed by atoms with E-state index in [0.717, 1.165) is 0 Å². The third-order valence-corrected chi connectivity index (χ3v) is 3.09. The molecule has 0 radical (unpaired) electrons. The van der Waals surface area contributed by atoms with Gasteiger partial charge < -0.3 is 5.11 Å². The third kappa shape index (κ3) is 2.33. The summed E-state index contributed by atoms with van der Waals surface area (Å²) in [5, 5.41) is 9.93. The Labute approximate surface area is 114 Å². The maximum Gasteiger partial charge on any atom is 0.337 e. The summed E-state index contributed by atoms with van der Waals surface area (Å²) >= 11 is 12.2. The van der Waals surface area contributed by atoms with Crippen molar-refractivity contribution >= 4 is 29.2 Å². The second kappa shape index (κ2) is 4.96.